The minimum atomic E-state index is -0.920. The molecule has 1 aliphatic carbocycles. The van der Waals surface area contributed by atoms with Crippen molar-refractivity contribution in [1.29, 1.82) is 5.26 Å². The van der Waals surface area contributed by atoms with Crippen molar-refractivity contribution in [1.82, 2.24) is 20.1 Å². The van der Waals surface area contributed by atoms with E-state index in [4.69, 9.17) is 0 Å². The average Bonchev–Trinajstić information content (AvgIpc) is 3.50. The molecule has 1 atom stereocenters. The van der Waals surface area contributed by atoms with Gasteiger partial charge in [-0.1, -0.05) is 17.7 Å². The Kier molecular flexibility index (Phi) is 5.64. The van der Waals surface area contributed by atoms with E-state index in [-0.39, 0.29) is 23.4 Å². The number of benzene rings is 1. The van der Waals surface area contributed by atoms with E-state index in [2.05, 4.69) is 27.5 Å². The number of hydrogen-bond acceptors (Lipinski definition) is 5. The van der Waals surface area contributed by atoms with E-state index in [9.17, 15) is 14.9 Å². The molecule has 1 aromatic carbocycles. The lowest BCUT2D eigenvalue weighted by atomic mass is 9.83. The molecule has 2 fully saturated rings. The maximum absolute atomic E-state index is 13.2. The second kappa shape index (κ2) is 8.66. The van der Waals surface area contributed by atoms with Gasteiger partial charge in [-0.05, 0) is 68.4 Å². The van der Waals surface area contributed by atoms with Gasteiger partial charge < -0.3 is 10.2 Å². The number of aromatic nitrogens is 3. The Morgan fingerprint density at radius 3 is 2.69 bits per heavy atom. The Labute approximate surface area is 204 Å². The zero-order valence-electron chi connectivity index (χ0n) is 20.2. The lowest BCUT2D eigenvalue weighted by Gasteiger charge is -2.21. The van der Waals surface area contributed by atoms with Crippen molar-refractivity contribution in [2.45, 2.75) is 39.7 Å². The number of rotatable bonds is 6. The molecule has 2 aromatic heterocycles. The number of carbonyl (C=O) groups excluding carboxylic acids is 2. The largest absolute Gasteiger partial charge is 0.347 e. The van der Waals surface area contributed by atoms with E-state index >= 15 is 0 Å². The number of nitriles is 1. The van der Waals surface area contributed by atoms with Gasteiger partial charge in [0.2, 0.25) is 5.91 Å². The fraction of sp³-hybridized carbons (Fsp3) is 0.370. The van der Waals surface area contributed by atoms with Gasteiger partial charge in [-0.25, -0.2) is 4.98 Å². The molecule has 0 bridgehead atoms. The molecular formula is C27H28N6O2. The predicted molar refractivity (Wildman–Crippen MR) is 131 cm³/mol. The normalized spacial score (nSPS) is 19.6. The summed E-state index contributed by atoms with van der Waals surface area (Å²) in [4.78, 5) is 32.3. The van der Waals surface area contributed by atoms with Crippen molar-refractivity contribution in [3.05, 3.63) is 65.2 Å². The first-order valence-electron chi connectivity index (χ1n) is 11.9. The molecule has 3 heterocycles. The summed E-state index contributed by atoms with van der Waals surface area (Å²) in [5, 5.41) is 17.0. The second-order valence-corrected chi connectivity index (χ2v) is 9.71. The fourth-order valence-electron chi connectivity index (χ4n) is 5.03. The van der Waals surface area contributed by atoms with E-state index in [0.29, 0.717) is 30.9 Å². The van der Waals surface area contributed by atoms with Crippen LogP contribution in [-0.4, -0.2) is 33.1 Å². The molecule has 0 unspecified atom stereocenters. The monoisotopic (exact) mass is 468 g/mol. The Morgan fingerprint density at radius 1 is 1.20 bits per heavy atom. The summed E-state index contributed by atoms with van der Waals surface area (Å²) >= 11 is 0. The summed E-state index contributed by atoms with van der Waals surface area (Å²) in [6, 6.07) is 11.9. The number of anilines is 1. The smallest absolute Gasteiger partial charge is 0.270 e. The van der Waals surface area contributed by atoms with Gasteiger partial charge in [0.1, 0.15) is 11.1 Å². The number of hydrogen-bond donors (Lipinski definition) is 1. The quantitative estimate of drug-likeness (QED) is 0.594. The molecule has 1 N–H and O–H groups in total. The SMILES string of the molecule is Cc1cc(CNC(=O)c2cc(N3CC[C@@](C#N)(C4CC4)C3=O)cc(C)n2)cc(-c2cnn(C)c2)c1. The van der Waals surface area contributed by atoms with Crippen LogP contribution in [0.1, 0.15) is 46.6 Å². The lowest BCUT2D eigenvalue weighted by molar-refractivity contribution is -0.123. The number of pyridine rings is 1. The van der Waals surface area contributed by atoms with E-state index in [0.717, 1.165) is 35.1 Å². The van der Waals surface area contributed by atoms with Crippen LogP contribution < -0.4 is 10.2 Å². The predicted octanol–water partition coefficient (Wildman–Crippen LogP) is 3.69. The first-order chi connectivity index (χ1) is 16.8. The molecule has 35 heavy (non-hydrogen) atoms. The third-order valence-corrected chi connectivity index (χ3v) is 6.94. The summed E-state index contributed by atoms with van der Waals surface area (Å²) in [7, 11) is 1.88. The van der Waals surface area contributed by atoms with Gasteiger partial charge in [-0.15, -0.1) is 0 Å². The summed E-state index contributed by atoms with van der Waals surface area (Å²) in [6.07, 6.45) is 6.16. The van der Waals surface area contributed by atoms with Crippen molar-refractivity contribution >= 4 is 17.5 Å². The number of nitrogens with zero attached hydrogens (tertiary/aromatic N) is 5. The molecule has 1 saturated heterocycles. The number of nitrogens with one attached hydrogen (secondary N) is 1. The summed E-state index contributed by atoms with van der Waals surface area (Å²) in [5.41, 5.74) is 4.74. The standard InChI is InChI=1S/C27H28N6O2/c1-17-8-19(11-20(9-17)21-14-30-32(3)15-21)13-29-25(34)24-12-23(10-18(2)31-24)33-7-6-27(16-28,26(33)35)22-4-5-22/h8-12,14-15,22H,4-7,13H2,1-3H3,(H,29,34)/t27-/m1/s1. The van der Waals surface area contributed by atoms with Gasteiger partial charge in [-0.3, -0.25) is 14.3 Å². The van der Waals surface area contributed by atoms with Crippen LogP contribution in [0, 0.1) is 36.5 Å². The molecule has 178 valence electrons. The number of amides is 2. The number of carbonyl (C=O) groups is 2. The molecule has 2 amide bonds. The molecule has 1 saturated carbocycles. The van der Waals surface area contributed by atoms with E-state index in [1.165, 1.54) is 0 Å². The highest BCUT2D eigenvalue weighted by atomic mass is 16.2. The minimum Gasteiger partial charge on any atom is -0.347 e. The zero-order valence-corrected chi connectivity index (χ0v) is 20.2. The van der Waals surface area contributed by atoms with Crippen LogP contribution in [0.25, 0.3) is 11.1 Å². The van der Waals surface area contributed by atoms with Gasteiger partial charge >= 0.3 is 0 Å². The molecule has 3 aromatic rings. The average molecular weight is 469 g/mol. The highest BCUT2D eigenvalue weighted by Crippen LogP contribution is 2.51. The van der Waals surface area contributed by atoms with Crippen molar-refractivity contribution in [2.24, 2.45) is 18.4 Å². The lowest BCUT2D eigenvalue weighted by Crippen LogP contribution is -2.35. The van der Waals surface area contributed by atoms with Gasteiger partial charge in [0.25, 0.3) is 5.91 Å². The number of aryl methyl sites for hydroxylation is 3. The molecule has 5 rings (SSSR count). The van der Waals surface area contributed by atoms with Crippen LogP contribution >= 0.6 is 0 Å². The molecule has 1 aliphatic heterocycles. The van der Waals surface area contributed by atoms with Crippen LogP contribution in [0.15, 0.2) is 42.7 Å². The highest BCUT2D eigenvalue weighted by Gasteiger charge is 2.56. The first kappa shape index (κ1) is 22.8. The highest BCUT2D eigenvalue weighted by molar-refractivity contribution is 6.03. The van der Waals surface area contributed by atoms with Gasteiger partial charge in [-0.2, -0.15) is 10.4 Å². The summed E-state index contributed by atoms with van der Waals surface area (Å²) in [6.45, 7) is 4.66. The van der Waals surface area contributed by atoms with Crippen molar-refractivity contribution in [2.75, 3.05) is 11.4 Å². The van der Waals surface area contributed by atoms with E-state index in [1.807, 2.05) is 38.5 Å². The van der Waals surface area contributed by atoms with Crippen LogP contribution in [0.4, 0.5) is 5.69 Å². The van der Waals surface area contributed by atoms with Crippen molar-refractivity contribution in [3.8, 4) is 17.2 Å². The maximum Gasteiger partial charge on any atom is 0.270 e. The third kappa shape index (κ3) is 4.30. The van der Waals surface area contributed by atoms with Gasteiger partial charge in [0, 0.05) is 43.3 Å². The minimum absolute atomic E-state index is 0.151. The topological polar surface area (TPSA) is 104 Å². The zero-order chi connectivity index (χ0) is 24.7. The van der Waals surface area contributed by atoms with E-state index < -0.39 is 5.41 Å². The van der Waals surface area contributed by atoms with Crippen molar-refractivity contribution in [3.63, 3.8) is 0 Å². The molecule has 8 nitrogen and oxygen atoms in total. The Hall–Kier alpha value is -3.99. The molecule has 8 heteroatoms. The van der Waals surface area contributed by atoms with E-state index in [1.54, 1.807) is 28.6 Å². The molecule has 2 aliphatic rings. The Bertz CT molecular complexity index is 1370. The van der Waals surface area contributed by atoms with Crippen LogP contribution in [0.3, 0.4) is 0 Å². The summed E-state index contributed by atoms with van der Waals surface area (Å²) < 4.78 is 1.76. The summed E-state index contributed by atoms with van der Waals surface area (Å²) in [5.74, 6) is -0.302. The fourth-order valence-corrected chi connectivity index (χ4v) is 5.03. The molecule has 0 radical (unpaired) electrons. The maximum atomic E-state index is 13.2. The molecular weight excluding hydrogens is 440 g/mol. The first-order valence-corrected chi connectivity index (χ1v) is 11.9. The third-order valence-electron chi connectivity index (χ3n) is 6.94. The second-order valence-electron chi connectivity index (χ2n) is 9.71. The Balaban J connectivity index is 1.33. The van der Waals surface area contributed by atoms with Crippen molar-refractivity contribution < 1.29 is 9.59 Å². The van der Waals surface area contributed by atoms with Crippen LogP contribution in [0.2, 0.25) is 0 Å². The van der Waals surface area contributed by atoms with Crippen LogP contribution in [-0.2, 0) is 18.4 Å². The van der Waals surface area contributed by atoms with Crippen LogP contribution in [0.5, 0.6) is 0 Å². The van der Waals surface area contributed by atoms with Gasteiger partial charge in [0.05, 0.1) is 12.3 Å². The van der Waals surface area contributed by atoms with Gasteiger partial charge in [0.15, 0.2) is 0 Å². The molecule has 0 spiro atoms. The Morgan fingerprint density at radius 2 is 2.00 bits per heavy atom.